The van der Waals surface area contributed by atoms with Crippen molar-refractivity contribution < 1.29 is 23.8 Å². The minimum absolute atomic E-state index is 0.129. The Bertz CT molecular complexity index is 994. The van der Waals surface area contributed by atoms with Gasteiger partial charge in [-0.3, -0.25) is 9.69 Å². The zero-order chi connectivity index (χ0) is 24.1. The molecule has 34 heavy (non-hydrogen) atoms. The quantitative estimate of drug-likeness (QED) is 0.567. The molecule has 1 saturated heterocycles. The molecule has 1 amide bonds. The first kappa shape index (κ1) is 23.9. The molecule has 2 heterocycles. The fraction of sp³-hybridized carbons (Fsp3) is 0.481. The van der Waals surface area contributed by atoms with Crippen LogP contribution in [0.1, 0.15) is 45.6 Å². The summed E-state index contributed by atoms with van der Waals surface area (Å²) in [4.78, 5) is 29.0. The van der Waals surface area contributed by atoms with Gasteiger partial charge < -0.3 is 19.1 Å². The Labute approximate surface area is 201 Å². The second-order valence-corrected chi connectivity index (χ2v) is 9.89. The number of ether oxygens (including phenoxy) is 3. The molecule has 2 aromatic carbocycles. The fourth-order valence-corrected chi connectivity index (χ4v) is 4.47. The maximum absolute atomic E-state index is 12.9. The Hall–Kier alpha value is -3.22. The number of piperidine rings is 1. The lowest BCUT2D eigenvalue weighted by atomic mass is 9.93. The van der Waals surface area contributed by atoms with E-state index in [0.29, 0.717) is 25.5 Å². The van der Waals surface area contributed by atoms with E-state index >= 15 is 0 Å². The van der Waals surface area contributed by atoms with Crippen molar-refractivity contribution in [3.8, 4) is 5.75 Å². The van der Waals surface area contributed by atoms with Crippen molar-refractivity contribution in [1.29, 1.82) is 0 Å². The average molecular weight is 467 g/mol. The number of anilines is 2. The Morgan fingerprint density at radius 3 is 2.38 bits per heavy atom. The summed E-state index contributed by atoms with van der Waals surface area (Å²) in [5.74, 6) is 0.906. The number of amides is 1. The van der Waals surface area contributed by atoms with Crippen LogP contribution in [0.2, 0.25) is 0 Å². The second kappa shape index (κ2) is 10.4. The van der Waals surface area contributed by atoms with Crippen LogP contribution in [0, 0.1) is 5.92 Å². The summed E-state index contributed by atoms with van der Waals surface area (Å²) in [7, 11) is 0. The first-order valence-corrected chi connectivity index (χ1v) is 12.0. The summed E-state index contributed by atoms with van der Waals surface area (Å²) >= 11 is 0. The molecule has 182 valence electrons. The van der Waals surface area contributed by atoms with Gasteiger partial charge in [0.2, 0.25) is 0 Å². The highest BCUT2D eigenvalue weighted by atomic mass is 16.6. The monoisotopic (exact) mass is 466 g/mol. The van der Waals surface area contributed by atoms with Gasteiger partial charge in [0.1, 0.15) is 18.8 Å². The lowest BCUT2D eigenvalue weighted by Crippen LogP contribution is -2.40. The van der Waals surface area contributed by atoms with Gasteiger partial charge >= 0.3 is 12.1 Å². The third kappa shape index (κ3) is 6.01. The van der Waals surface area contributed by atoms with Crippen LogP contribution >= 0.6 is 0 Å². The molecule has 0 spiro atoms. The van der Waals surface area contributed by atoms with Crippen molar-refractivity contribution >= 4 is 23.4 Å². The number of rotatable bonds is 5. The molecule has 2 aliphatic rings. The molecule has 2 aromatic rings. The van der Waals surface area contributed by atoms with Crippen molar-refractivity contribution in [3.63, 3.8) is 0 Å². The zero-order valence-corrected chi connectivity index (χ0v) is 20.3. The molecule has 0 radical (unpaired) electrons. The largest absolute Gasteiger partial charge is 0.487 e. The van der Waals surface area contributed by atoms with Crippen molar-refractivity contribution in [2.45, 2.75) is 52.2 Å². The summed E-state index contributed by atoms with van der Waals surface area (Å²) in [5, 5.41) is 0. The number of carbonyl (C=O) groups excluding carboxylic acids is 2. The smallest absolute Gasteiger partial charge is 0.414 e. The molecule has 0 N–H and O–H groups in total. The molecule has 0 saturated carbocycles. The Balaban J connectivity index is 1.38. The van der Waals surface area contributed by atoms with Gasteiger partial charge in [-0.05, 0) is 57.2 Å². The van der Waals surface area contributed by atoms with E-state index in [1.165, 1.54) is 0 Å². The third-order valence-corrected chi connectivity index (χ3v) is 6.08. The number of fused-ring (bicyclic) bond motifs is 1. The van der Waals surface area contributed by atoms with Crippen LogP contribution in [0.3, 0.4) is 0 Å². The van der Waals surface area contributed by atoms with Gasteiger partial charge in [0.25, 0.3) is 0 Å². The minimum Gasteiger partial charge on any atom is -0.487 e. The zero-order valence-electron chi connectivity index (χ0n) is 20.3. The number of para-hydroxylation sites is 1. The predicted octanol–water partition coefficient (Wildman–Crippen LogP) is 5.17. The Morgan fingerprint density at radius 1 is 0.971 bits per heavy atom. The maximum atomic E-state index is 12.9. The van der Waals surface area contributed by atoms with E-state index in [1.54, 1.807) is 4.90 Å². The summed E-state index contributed by atoms with van der Waals surface area (Å²) in [6, 6.07) is 15.5. The van der Waals surface area contributed by atoms with E-state index in [9.17, 15) is 9.59 Å². The molecule has 4 rings (SSSR count). The van der Waals surface area contributed by atoms with Crippen molar-refractivity contribution in [3.05, 3.63) is 54.1 Å². The number of esters is 1. The summed E-state index contributed by atoms with van der Waals surface area (Å²) in [5.41, 5.74) is 2.21. The van der Waals surface area contributed by atoms with Crippen molar-refractivity contribution in [2.24, 2.45) is 5.92 Å². The normalized spacial score (nSPS) is 16.4. The lowest BCUT2D eigenvalue weighted by molar-refractivity contribution is -0.156. The van der Waals surface area contributed by atoms with Gasteiger partial charge in [0.15, 0.2) is 5.75 Å². The molecule has 2 aliphatic heterocycles. The van der Waals surface area contributed by atoms with E-state index in [2.05, 4.69) is 4.90 Å². The predicted molar refractivity (Wildman–Crippen MR) is 131 cm³/mol. The Morgan fingerprint density at radius 2 is 1.68 bits per heavy atom. The van der Waals surface area contributed by atoms with E-state index in [-0.39, 0.29) is 18.7 Å². The molecule has 7 heteroatoms. The van der Waals surface area contributed by atoms with Gasteiger partial charge in [-0.15, -0.1) is 0 Å². The summed E-state index contributed by atoms with van der Waals surface area (Å²) in [6.45, 7) is 8.43. The second-order valence-electron chi connectivity index (χ2n) is 9.89. The summed E-state index contributed by atoms with van der Waals surface area (Å²) in [6.07, 6.45) is 1.90. The van der Waals surface area contributed by atoms with Crippen molar-refractivity contribution in [1.82, 2.24) is 0 Å². The van der Waals surface area contributed by atoms with Crippen LogP contribution < -0.4 is 14.5 Å². The molecule has 0 aliphatic carbocycles. The van der Waals surface area contributed by atoms with Gasteiger partial charge in [0.05, 0.1) is 17.9 Å². The lowest BCUT2D eigenvalue weighted by Gasteiger charge is -2.37. The van der Waals surface area contributed by atoms with E-state index < -0.39 is 5.60 Å². The van der Waals surface area contributed by atoms with Crippen LogP contribution in [0.15, 0.2) is 48.5 Å². The van der Waals surface area contributed by atoms with Gasteiger partial charge in [0, 0.05) is 19.5 Å². The van der Waals surface area contributed by atoms with E-state index in [4.69, 9.17) is 14.2 Å². The molecule has 1 fully saturated rings. The SMILES string of the molecule is CC(C)(C)OC(=O)CC1CCN(c2cccc3c2OCCN3C(=O)OCc2ccccc2)CC1. The fourth-order valence-electron chi connectivity index (χ4n) is 4.47. The number of hydrogen-bond donors (Lipinski definition) is 0. The highest BCUT2D eigenvalue weighted by Crippen LogP contribution is 2.42. The van der Waals surface area contributed by atoms with Gasteiger partial charge in [-0.25, -0.2) is 4.79 Å². The number of nitrogens with zero attached hydrogens (tertiary/aromatic N) is 2. The maximum Gasteiger partial charge on any atom is 0.414 e. The number of benzene rings is 2. The highest BCUT2D eigenvalue weighted by Gasteiger charge is 2.30. The molecule has 0 aromatic heterocycles. The van der Waals surface area contributed by atoms with Gasteiger partial charge in [-0.2, -0.15) is 0 Å². The third-order valence-electron chi connectivity index (χ3n) is 6.08. The molecule has 7 nitrogen and oxygen atoms in total. The van der Waals surface area contributed by atoms with Crippen LogP contribution in [0.4, 0.5) is 16.2 Å². The minimum atomic E-state index is -0.452. The Kier molecular flexibility index (Phi) is 7.29. The summed E-state index contributed by atoms with van der Waals surface area (Å²) < 4.78 is 17.1. The van der Waals surface area contributed by atoms with Crippen molar-refractivity contribution in [2.75, 3.05) is 36.0 Å². The number of hydrogen-bond acceptors (Lipinski definition) is 6. The molecule has 0 atom stereocenters. The average Bonchev–Trinajstić information content (AvgIpc) is 2.82. The van der Waals surface area contributed by atoms with E-state index in [0.717, 1.165) is 48.6 Å². The van der Waals surface area contributed by atoms with Crippen LogP contribution in [0.5, 0.6) is 5.75 Å². The van der Waals surface area contributed by atoms with Crippen LogP contribution in [-0.4, -0.2) is 43.9 Å². The van der Waals surface area contributed by atoms with E-state index in [1.807, 2.05) is 69.3 Å². The topological polar surface area (TPSA) is 68.3 Å². The molecular formula is C27H34N2O5. The number of carbonyl (C=O) groups is 2. The standard InChI is InChI=1S/C27H34N2O5/c1-27(2,3)34-24(30)18-20-12-14-28(15-13-20)22-10-7-11-23-25(22)32-17-16-29(23)26(31)33-19-21-8-5-4-6-9-21/h4-11,20H,12-19H2,1-3H3. The first-order chi connectivity index (χ1) is 16.3. The molecule has 0 unspecified atom stereocenters. The van der Waals surface area contributed by atoms with Crippen LogP contribution in [0.25, 0.3) is 0 Å². The van der Waals surface area contributed by atoms with Crippen LogP contribution in [-0.2, 0) is 20.9 Å². The highest BCUT2D eigenvalue weighted by molar-refractivity contribution is 5.92. The molecule has 0 bridgehead atoms. The van der Waals surface area contributed by atoms with Gasteiger partial charge in [-0.1, -0.05) is 36.4 Å². The molecular weight excluding hydrogens is 432 g/mol. The first-order valence-electron chi connectivity index (χ1n) is 12.0.